The molecule has 6 heavy (non-hydrogen) atoms. The number of rotatable bonds is 0. The Kier molecular flexibility index (Phi) is 1.13. The third kappa shape index (κ3) is 0.728. The average molecular weight is 98.0 g/mol. The summed E-state index contributed by atoms with van der Waals surface area (Å²) < 4.78 is 3.82. The van der Waals surface area contributed by atoms with Crippen LogP contribution in [0, 0.1) is 0 Å². The van der Waals surface area contributed by atoms with Crippen molar-refractivity contribution in [1.82, 2.24) is 9.73 Å². The molecule has 0 saturated carbocycles. The van der Waals surface area contributed by atoms with Gasteiger partial charge in [0, 0.05) is 6.20 Å². The zero-order valence-electron chi connectivity index (χ0n) is 3.07. The van der Waals surface area contributed by atoms with Gasteiger partial charge < -0.3 is 0 Å². The molecule has 0 aliphatic carbocycles. The van der Waals surface area contributed by atoms with E-state index in [2.05, 4.69) is 9.73 Å². The zero-order chi connectivity index (χ0) is 4.24. The molecule has 3 heteroatoms. The summed E-state index contributed by atoms with van der Waals surface area (Å²) in [6.45, 7) is 0. The maximum absolute atomic E-state index is 3.82. The van der Waals surface area contributed by atoms with Crippen molar-refractivity contribution < 1.29 is 0 Å². The summed E-state index contributed by atoms with van der Waals surface area (Å²) in [5.74, 6) is 1.74. The largest absolute Gasteiger partial charge is 0.257 e. The molecule has 0 bridgehead atoms. The quantitative estimate of drug-likeness (QED) is 0.484. The highest BCUT2D eigenvalue weighted by atomic mass is 31.0. The fourth-order valence-electron chi connectivity index (χ4n) is 0.205. The van der Waals surface area contributed by atoms with E-state index in [4.69, 9.17) is 0 Å². The monoisotopic (exact) mass is 98.0 g/mol. The van der Waals surface area contributed by atoms with E-state index in [1.54, 1.807) is 18.3 Å². The minimum absolute atomic E-state index is 0.945. The first-order valence-electron chi connectivity index (χ1n) is 1.57. The molecule has 1 heterocycles. The molecule has 0 aromatic carbocycles. The maximum Gasteiger partial charge on any atom is 0.0728 e. The van der Waals surface area contributed by atoms with Crippen molar-refractivity contribution in [2.24, 2.45) is 0 Å². The molecular weight excluding hydrogens is 95.0 g/mol. The van der Waals surface area contributed by atoms with Gasteiger partial charge in [-0.1, -0.05) is 0 Å². The molecule has 0 radical (unpaired) electrons. The second kappa shape index (κ2) is 1.83. The second-order valence-corrected chi connectivity index (χ2v) is 1.49. The number of hydrogen-bond donors (Lipinski definition) is 0. The Balaban J connectivity index is 3.00. The summed E-state index contributed by atoms with van der Waals surface area (Å²) in [4.78, 5) is 3.77. The fourth-order valence-corrected chi connectivity index (χ4v) is 0.538. The minimum Gasteiger partial charge on any atom is -0.257 e. The van der Waals surface area contributed by atoms with E-state index in [0.717, 1.165) is 8.35 Å². The Morgan fingerprint density at radius 1 is 1.33 bits per heavy atom. The van der Waals surface area contributed by atoms with Crippen molar-refractivity contribution in [2.75, 3.05) is 0 Å². The van der Waals surface area contributed by atoms with Crippen molar-refractivity contribution in [3.63, 3.8) is 0 Å². The normalized spacial score (nSPS) is 9.33. The highest BCUT2D eigenvalue weighted by molar-refractivity contribution is 7.24. The summed E-state index contributed by atoms with van der Waals surface area (Å²) in [6, 6.07) is 0. The summed E-state index contributed by atoms with van der Waals surface area (Å²) in [7, 11) is 0.945. The lowest BCUT2D eigenvalue weighted by molar-refractivity contribution is 1.33. The van der Waals surface area contributed by atoms with E-state index in [1.807, 2.05) is 0 Å². The first-order valence-corrected chi connectivity index (χ1v) is 2.48. The molecule has 0 spiro atoms. The zero-order valence-corrected chi connectivity index (χ0v) is 3.97. The average Bonchev–Trinajstić information content (AvgIpc) is 1.72. The fraction of sp³-hybridized carbons (Fsp3) is 0. The van der Waals surface area contributed by atoms with E-state index >= 15 is 0 Å². The van der Waals surface area contributed by atoms with Gasteiger partial charge in [0.2, 0.25) is 0 Å². The van der Waals surface area contributed by atoms with Gasteiger partial charge in [-0.05, 0) is 0 Å². The molecule has 1 aromatic rings. The van der Waals surface area contributed by atoms with Gasteiger partial charge in [-0.15, -0.1) is 0 Å². The van der Waals surface area contributed by atoms with Crippen molar-refractivity contribution in [3.8, 4) is 0 Å². The number of hydrogen-bond acceptors (Lipinski definition) is 2. The van der Waals surface area contributed by atoms with Crippen LogP contribution in [-0.2, 0) is 0 Å². The Bertz CT molecular complexity index is 80.7. The molecule has 0 atom stereocenters. The predicted octanol–water partition coefficient (Wildman–Crippen LogP) is 1.06. The molecule has 0 fully saturated rings. The van der Waals surface area contributed by atoms with Gasteiger partial charge in [0.05, 0.1) is 20.5 Å². The summed E-state index contributed by atoms with van der Waals surface area (Å²) in [5.41, 5.74) is 0. The van der Waals surface area contributed by atoms with E-state index in [-0.39, 0.29) is 0 Å². The molecule has 1 rings (SSSR count). The third-order valence-electron chi connectivity index (χ3n) is 0.404. The first kappa shape index (κ1) is 3.69. The Morgan fingerprint density at radius 2 is 2.33 bits per heavy atom. The molecule has 0 aliphatic heterocycles. The van der Waals surface area contributed by atoms with Crippen LogP contribution in [0.5, 0.6) is 0 Å². The maximum atomic E-state index is 3.82. The highest BCUT2D eigenvalue weighted by Crippen LogP contribution is 1.86. The van der Waals surface area contributed by atoms with Crippen LogP contribution >= 0.6 is 8.35 Å². The third-order valence-corrected chi connectivity index (χ3v) is 0.908. The molecule has 30 valence electrons. The van der Waals surface area contributed by atoms with Crippen LogP contribution in [0.15, 0.2) is 18.3 Å². The molecular formula is C3H3N2P. The van der Waals surface area contributed by atoms with Gasteiger partial charge in [-0.2, -0.15) is 0 Å². The van der Waals surface area contributed by atoms with E-state index in [0.29, 0.717) is 0 Å². The van der Waals surface area contributed by atoms with Crippen LogP contribution in [0.1, 0.15) is 0 Å². The molecule has 0 unspecified atom stereocenters. The first-order chi connectivity index (χ1) is 3.00. The van der Waals surface area contributed by atoms with Gasteiger partial charge in [0.1, 0.15) is 0 Å². The molecule has 2 nitrogen and oxygen atoms in total. The van der Waals surface area contributed by atoms with Crippen LogP contribution < -0.4 is 0 Å². The Labute approximate surface area is 37.4 Å². The lowest BCUT2D eigenvalue weighted by Crippen LogP contribution is -1.59. The SMILES string of the molecule is c1cnpcn1. The predicted molar refractivity (Wildman–Crippen MR) is 24.5 cm³/mol. The molecule has 1 aromatic heterocycles. The highest BCUT2D eigenvalue weighted by Gasteiger charge is 1.60. The van der Waals surface area contributed by atoms with Gasteiger partial charge >= 0.3 is 0 Å². The Morgan fingerprint density at radius 3 is 2.50 bits per heavy atom. The van der Waals surface area contributed by atoms with Crippen molar-refractivity contribution in [2.45, 2.75) is 0 Å². The molecule has 0 amide bonds. The number of aromatic nitrogens is 2. The van der Waals surface area contributed by atoms with Gasteiger partial charge in [0.15, 0.2) is 0 Å². The number of nitrogens with zero attached hydrogens (tertiary/aromatic N) is 2. The molecule has 0 aliphatic rings. The van der Waals surface area contributed by atoms with Gasteiger partial charge in [0.25, 0.3) is 0 Å². The van der Waals surface area contributed by atoms with Crippen LogP contribution in [-0.4, -0.2) is 9.73 Å². The van der Waals surface area contributed by atoms with Crippen LogP contribution in [0.3, 0.4) is 0 Å². The van der Waals surface area contributed by atoms with Crippen molar-refractivity contribution >= 4 is 8.35 Å². The van der Waals surface area contributed by atoms with Crippen LogP contribution in [0.4, 0.5) is 0 Å². The summed E-state index contributed by atoms with van der Waals surface area (Å²) in [5, 5.41) is 0. The minimum atomic E-state index is 0.945. The summed E-state index contributed by atoms with van der Waals surface area (Å²) in [6.07, 6.45) is 3.35. The van der Waals surface area contributed by atoms with Crippen LogP contribution in [0.25, 0.3) is 0 Å². The smallest absolute Gasteiger partial charge is 0.0728 e. The van der Waals surface area contributed by atoms with Gasteiger partial charge in [-0.25, -0.2) is 4.75 Å². The Hall–Kier alpha value is -0.490. The lowest BCUT2D eigenvalue weighted by Gasteiger charge is -1.68. The van der Waals surface area contributed by atoms with E-state index in [9.17, 15) is 0 Å². The molecule has 0 N–H and O–H groups in total. The summed E-state index contributed by atoms with van der Waals surface area (Å²) >= 11 is 0. The van der Waals surface area contributed by atoms with Crippen molar-refractivity contribution in [1.29, 1.82) is 0 Å². The topological polar surface area (TPSA) is 25.8 Å². The standard InChI is InChI=1S/C3H3N2P/c1-2-5-6-3-4-1/h1-3H. The second-order valence-electron chi connectivity index (χ2n) is 0.794. The van der Waals surface area contributed by atoms with Gasteiger partial charge in [-0.3, -0.25) is 4.98 Å². The van der Waals surface area contributed by atoms with Crippen LogP contribution in [0.2, 0.25) is 0 Å². The molecule has 0 saturated heterocycles. The van der Waals surface area contributed by atoms with E-state index in [1.165, 1.54) is 0 Å². The van der Waals surface area contributed by atoms with Crippen molar-refractivity contribution in [3.05, 3.63) is 18.3 Å². The lowest BCUT2D eigenvalue weighted by atomic mass is 10.9. The van der Waals surface area contributed by atoms with E-state index < -0.39 is 0 Å².